The lowest BCUT2D eigenvalue weighted by molar-refractivity contribution is 0.0997. The van der Waals surface area contributed by atoms with Crippen LogP contribution in [0.5, 0.6) is 5.75 Å². The van der Waals surface area contributed by atoms with E-state index < -0.39 is 16.0 Å². The molecule has 1 aliphatic carbocycles. The normalized spacial score (nSPS) is 16.2. The topological polar surface area (TPSA) is 104 Å². The lowest BCUT2D eigenvalue weighted by Crippen LogP contribution is -2.21. The minimum atomic E-state index is -4.26. The van der Waals surface area contributed by atoms with Gasteiger partial charge in [-0.1, -0.05) is 29.4 Å². The number of amides is 1. The third-order valence-electron chi connectivity index (χ3n) is 4.57. The molecule has 26 heavy (non-hydrogen) atoms. The highest BCUT2D eigenvalue weighted by Gasteiger charge is 2.33. The molecule has 2 heterocycles. The SMILES string of the molecule is NC(=O)c1c(OS(=O)(=O)c2c(Cl)nc3n2CCS3)ccc2c1CCCC2. The molecule has 1 aromatic heterocycles. The van der Waals surface area contributed by atoms with Crippen molar-refractivity contribution < 1.29 is 17.4 Å². The summed E-state index contributed by atoms with van der Waals surface area (Å²) < 4.78 is 32.6. The zero-order chi connectivity index (χ0) is 18.5. The number of aryl methyl sites for hydroxylation is 1. The lowest BCUT2D eigenvalue weighted by Gasteiger charge is -2.20. The van der Waals surface area contributed by atoms with Gasteiger partial charge in [-0.25, -0.2) is 4.98 Å². The van der Waals surface area contributed by atoms with Gasteiger partial charge in [-0.05, 0) is 42.9 Å². The van der Waals surface area contributed by atoms with Gasteiger partial charge < -0.3 is 14.5 Å². The highest BCUT2D eigenvalue weighted by molar-refractivity contribution is 7.99. The Morgan fingerprint density at radius 1 is 1.31 bits per heavy atom. The predicted molar refractivity (Wildman–Crippen MR) is 97.4 cm³/mol. The van der Waals surface area contributed by atoms with Crippen LogP contribution in [0, 0.1) is 0 Å². The minimum absolute atomic E-state index is 0.0598. The van der Waals surface area contributed by atoms with Crippen LogP contribution in [0.1, 0.15) is 34.3 Å². The van der Waals surface area contributed by atoms with Crippen molar-refractivity contribution in [3.63, 3.8) is 0 Å². The van der Waals surface area contributed by atoms with E-state index in [9.17, 15) is 13.2 Å². The average Bonchev–Trinajstić information content (AvgIpc) is 3.13. The van der Waals surface area contributed by atoms with Crippen molar-refractivity contribution in [2.24, 2.45) is 5.73 Å². The number of halogens is 1. The van der Waals surface area contributed by atoms with Gasteiger partial charge in [0.1, 0.15) is 0 Å². The van der Waals surface area contributed by atoms with Crippen LogP contribution in [0.15, 0.2) is 22.3 Å². The number of carbonyl (C=O) groups is 1. The highest BCUT2D eigenvalue weighted by Crippen LogP contribution is 2.36. The van der Waals surface area contributed by atoms with Crippen LogP contribution < -0.4 is 9.92 Å². The summed E-state index contributed by atoms with van der Waals surface area (Å²) in [7, 11) is -4.26. The standard InChI is InChI=1S/C16H16ClN3O4S2/c17-13-15(20-7-8-25-16(20)19-13)26(22,23)24-11-6-5-9-3-1-2-4-10(9)12(11)14(18)21/h5-6H,1-4,7-8H2,(H2,18,21). The second-order valence-electron chi connectivity index (χ2n) is 6.18. The largest absolute Gasteiger partial charge is 0.377 e. The van der Waals surface area contributed by atoms with Crippen LogP contribution in [-0.4, -0.2) is 29.6 Å². The minimum Gasteiger partial charge on any atom is -0.377 e. The summed E-state index contributed by atoms with van der Waals surface area (Å²) in [5.41, 5.74) is 7.46. The molecule has 0 atom stereocenters. The summed E-state index contributed by atoms with van der Waals surface area (Å²) in [6.45, 7) is 0.477. The Bertz CT molecular complexity index is 1020. The molecular weight excluding hydrogens is 398 g/mol. The molecule has 0 unspecified atom stereocenters. The number of primary amides is 1. The van der Waals surface area contributed by atoms with E-state index in [1.165, 1.54) is 22.4 Å². The van der Waals surface area contributed by atoms with Crippen molar-refractivity contribution in [3.8, 4) is 5.75 Å². The van der Waals surface area contributed by atoms with E-state index in [-0.39, 0.29) is 21.5 Å². The third-order valence-corrected chi connectivity index (χ3v) is 7.19. The molecule has 1 aliphatic heterocycles. The number of hydrogen-bond donors (Lipinski definition) is 1. The number of imidazole rings is 1. The third kappa shape index (κ3) is 2.87. The van der Waals surface area contributed by atoms with Gasteiger partial charge >= 0.3 is 10.1 Å². The van der Waals surface area contributed by atoms with Gasteiger partial charge in [0.15, 0.2) is 16.1 Å². The van der Waals surface area contributed by atoms with Crippen LogP contribution in [0.25, 0.3) is 0 Å². The molecule has 10 heteroatoms. The summed E-state index contributed by atoms with van der Waals surface area (Å²) in [6.07, 6.45) is 3.45. The van der Waals surface area contributed by atoms with E-state index in [2.05, 4.69) is 4.98 Å². The Morgan fingerprint density at radius 2 is 2.08 bits per heavy atom. The first kappa shape index (κ1) is 17.7. The van der Waals surface area contributed by atoms with E-state index in [1.807, 2.05) is 0 Å². The second kappa shape index (κ2) is 6.47. The van der Waals surface area contributed by atoms with E-state index in [0.717, 1.165) is 30.4 Å². The van der Waals surface area contributed by atoms with Crippen LogP contribution in [0.4, 0.5) is 0 Å². The zero-order valence-electron chi connectivity index (χ0n) is 13.7. The first-order chi connectivity index (χ1) is 12.4. The molecular formula is C16H16ClN3O4S2. The Balaban J connectivity index is 1.79. The number of benzene rings is 1. The van der Waals surface area contributed by atoms with Crippen molar-refractivity contribution >= 4 is 39.4 Å². The molecule has 2 N–H and O–H groups in total. The maximum Gasteiger partial charge on any atom is 0.358 e. The first-order valence-corrected chi connectivity index (χ1v) is 10.9. The number of thioether (sulfide) groups is 1. The summed E-state index contributed by atoms with van der Waals surface area (Å²) in [4.78, 5) is 16.1. The first-order valence-electron chi connectivity index (χ1n) is 8.16. The molecule has 2 aromatic rings. The maximum atomic E-state index is 12.9. The smallest absolute Gasteiger partial charge is 0.358 e. The van der Waals surface area contributed by atoms with E-state index in [4.69, 9.17) is 21.5 Å². The zero-order valence-corrected chi connectivity index (χ0v) is 16.1. The average molecular weight is 414 g/mol. The summed E-state index contributed by atoms with van der Waals surface area (Å²) >= 11 is 7.46. The van der Waals surface area contributed by atoms with Gasteiger partial charge in [-0.2, -0.15) is 8.42 Å². The van der Waals surface area contributed by atoms with Crippen molar-refractivity contribution in [2.75, 3.05) is 5.75 Å². The maximum absolute atomic E-state index is 12.9. The van der Waals surface area contributed by atoms with Crippen molar-refractivity contribution in [1.29, 1.82) is 0 Å². The number of rotatable bonds is 4. The Morgan fingerprint density at radius 3 is 2.85 bits per heavy atom. The molecule has 7 nitrogen and oxygen atoms in total. The fourth-order valence-electron chi connectivity index (χ4n) is 3.47. The Kier molecular flexibility index (Phi) is 4.40. The van der Waals surface area contributed by atoms with Crippen LogP contribution in [-0.2, 0) is 29.5 Å². The molecule has 4 rings (SSSR count). The fraction of sp³-hybridized carbons (Fsp3) is 0.375. The molecule has 0 bridgehead atoms. The summed E-state index contributed by atoms with van der Waals surface area (Å²) in [6, 6.07) is 3.29. The van der Waals surface area contributed by atoms with Gasteiger partial charge in [-0.15, -0.1) is 0 Å². The van der Waals surface area contributed by atoms with Gasteiger partial charge in [0, 0.05) is 12.3 Å². The van der Waals surface area contributed by atoms with Crippen molar-refractivity contribution in [1.82, 2.24) is 9.55 Å². The molecule has 1 aromatic carbocycles. The molecule has 0 radical (unpaired) electrons. The van der Waals surface area contributed by atoms with Crippen molar-refractivity contribution in [2.45, 2.75) is 42.4 Å². The number of nitrogens with zero attached hydrogens (tertiary/aromatic N) is 2. The van der Waals surface area contributed by atoms with E-state index in [1.54, 1.807) is 6.07 Å². The molecule has 2 aliphatic rings. The molecule has 1 amide bonds. The second-order valence-corrected chi connectivity index (χ2v) is 9.06. The van der Waals surface area contributed by atoms with Crippen LogP contribution >= 0.6 is 23.4 Å². The Hall–Kier alpha value is -1.71. The summed E-state index contributed by atoms with van der Waals surface area (Å²) in [5, 5.41) is 0.218. The van der Waals surface area contributed by atoms with Crippen LogP contribution in [0.2, 0.25) is 5.15 Å². The lowest BCUT2D eigenvalue weighted by atomic mass is 9.87. The van der Waals surface area contributed by atoms with E-state index in [0.29, 0.717) is 23.9 Å². The van der Waals surface area contributed by atoms with Gasteiger partial charge in [0.25, 0.3) is 5.91 Å². The van der Waals surface area contributed by atoms with Gasteiger partial charge in [0.2, 0.25) is 5.03 Å². The fourth-order valence-corrected chi connectivity index (χ4v) is 6.15. The molecule has 0 saturated heterocycles. The van der Waals surface area contributed by atoms with Crippen LogP contribution in [0.3, 0.4) is 0 Å². The van der Waals surface area contributed by atoms with Crippen molar-refractivity contribution in [3.05, 3.63) is 34.0 Å². The Labute approximate surface area is 160 Å². The molecule has 138 valence electrons. The quantitative estimate of drug-likeness (QED) is 0.771. The van der Waals surface area contributed by atoms with E-state index >= 15 is 0 Å². The summed E-state index contributed by atoms with van der Waals surface area (Å²) in [5.74, 6) is -0.0440. The number of hydrogen-bond acceptors (Lipinski definition) is 6. The monoisotopic (exact) mass is 413 g/mol. The predicted octanol–water partition coefficient (Wildman–Crippen LogP) is 2.39. The molecule has 0 spiro atoms. The number of aromatic nitrogens is 2. The molecule has 0 fully saturated rings. The van der Waals surface area contributed by atoms with Gasteiger partial charge in [-0.3, -0.25) is 4.79 Å². The molecule has 0 saturated carbocycles. The number of fused-ring (bicyclic) bond motifs is 2. The van der Waals surface area contributed by atoms with Gasteiger partial charge in [0.05, 0.1) is 5.56 Å². The highest BCUT2D eigenvalue weighted by atomic mass is 35.5. The number of nitrogens with two attached hydrogens (primary N) is 1. The number of carbonyl (C=O) groups excluding carboxylic acids is 1.